The first-order valence-electron chi connectivity index (χ1n) is 6.42. The normalized spacial score (nSPS) is 14.1. The third kappa shape index (κ3) is 6.67. The molecule has 0 aliphatic heterocycles. The molecule has 3 nitrogen and oxygen atoms in total. The first-order valence-corrected chi connectivity index (χ1v) is 7.21. The average Bonchev–Trinajstić information content (AvgIpc) is 2.32. The van der Waals surface area contributed by atoms with Crippen molar-refractivity contribution in [2.75, 3.05) is 18.5 Å². The molecule has 0 spiro atoms. The molecule has 1 aromatic rings. The molecule has 0 saturated heterocycles. The van der Waals surface area contributed by atoms with E-state index in [0.29, 0.717) is 4.47 Å². The Morgan fingerprint density at radius 2 is 1.90 bits per heavy atom. The van der Waals surface area contributed by atoms with Crippen LogP contribution in [0.15, 0.2) is 22.7 Å². The molecular formula is C14H19BrF3NO2. The lowest BCUT2D eigenvalue weighted by Crippen LogP contribution is -2.30. The van der Waals surface area contributed by atoms with Crippen LogP contribution in [0.4, 0.5) is 18.9 Å². The number of benzene rings is 1. The fourth-order valence-corrected chi connectivity index (χ4v) is 1.90. The zero-order chi connectivity index (χ0) is 16.3. The number of alkyl halides is 3. The fourth-order valence-electron chi connectivity index (χ4n) is 1.54. The van der Waals surface area contributed by atoms with Gasteiger partial charge in [0.2, 0.25) is 0 Å². The zero-order valence-electron chi connectivity index (χ0n) is 12.1. The molecule has 0 aliphatic rings. The van der Waals surface area contributed by atoms with E-state index >= 15 is 0 Å². The van der Waals surface area contributed by atoms with Crippen LogP contribution < -0.4 is 5.32 Å². The van der Waals surface area contributed by atoms with E-state index in [9.17, 15) is 18.3 Å². The molecule has 0 aliphatic carbocycles. The highest BCUT2D eigenvalue weighted by atomic mass is 79.9. The molecule has 1 atom stereocenters. The lowest BCUT2D eigenvalue weighted by molar-refractivity contribution is -0.137. The fraction of sp³-hybridized carbons (Fsp3) is 0.571. The number of halogens is 4. The highest BCUT2D eigenvalue weighted by molar-refractivity contribution is 9.10. The van der Waals surface area contributed by atoms with Gasteiger partial charge in [-0.05, 0) is 39.0 Å². The molecule has 0 aromatic heterocycles. The molecule has 2 N–H and O–H groups in total. The van der Waals surface area contributed by atoms with E-state index in [1.54, 1.807) is 0 Å². The van der Waals surface area contributed by atoms with Crippen molar-refractivity contribution in [3.63, 3.8) is 0 Å². The first-order chi connectivity index (χ1) is 9.49. The van der Waals surface area contributed by atoms with E-state index < -0.39 is 23.4 Å². The number of aliphatic hydroxyl groups excluding tert-OH is 1. The Labute approximate surface area is 130 Å². The highest BCUT2D eigenvalue weighted by Gasteiger charge is 2.33. The largest absolute Gasteiger partial charge is 0.418 e. The molecule has 7 heteroatoms. The van der Waals surface area contributed by atoms with Gasteiger partial charge in [0.05, 0.1) is 23.9 Å². The number of hydrogen-bond donors (Lipinski definition) is 2. The second kappa shape index (κ2) is 6.98. The molecular weight excluding hydrogens is 351 g/mol. The summed E-state index contributed by atoms with van der Waals surface area (Å²) in [6.45, 7) is 5.53. The lowest BCUT2D eigenvalue weighted by atomic mass is 10.1. The molecule has 0 amide bonds. The van der Waals surface area contributed by atoms with Crippen molar-refractivity contribution in [3.8, 4) is 0 Å². The Morgan fingerprint density at radius 3 is 2.43 bits per heavy atom. The summed E-state index contributed by atoms with van der Waals surface area (Å²) < 4.78 is 44.4. The highest BCUT2D eigenvalue weighted by Crippen LogP contribution is 2.36. The Bertz CT molecular complexity index is 472. The summed E-state index contributed by atoms with van der Waals surface area (Å²) in [5, 5.41) is 12.4. The van der Waals surface area contributed by atoms with Crippen molar-refractivity contribution in [2.24, 2.45) is 0 Å². The van der Waals surface area contributed by atoms with Crippen LogP contribution in [0, 0.1) is 0 Å². The van der Waals surface area contributed by atoms with Gasteiger partial charge in [-0.1, -0.05) is 15.9 Å². The average molecular weight is 370 g/mol. The van der Waals surface area contributed by atoms with Crippen LogP contribution in [0.2, 0.25) is 0 Å². The third-order valence-corrected chi connectivity index (χ3v) is 3.02. The van der Waals surface area contributed by atoms with Crippen molar-refractivity contribution >= 4 is 21.6 Å². The summed E-state index contributed by atoms with van der Waals surface area (Å²) in [5.74, 6) is 0. The van der Waals surface area contributed by atoms with Gasteiger partial charge in [0.15, 0.2) is 0 Å². The zero-order valence-corrected chi connectivity index (χ0v) is 13.7. The Hall–Kier alpha value is -0.790. The van der Waals surface area contributed by atoms with Gasteiger partial charge in [-0.3, -0.25) is 0 Å². The first kappa shape index (κ1) is 18.3. The van der Waals surface area contributed by atoms with Crippen molar-refractivity contribution in [2.45, 2.75) is 38.7 Å². The number of nitrogens with one attached hydrogen (secondary N) is 1. The monoisotopic (exact) mass is 369 g/mol. The van der Waals surface area contributed by atoms with Crippen LogP contribution in [0.25, 0.3) is 0 Å². The lowest BCUT2D eigenvalue weighted by Gasteiger charge is -2.23. The standard InChI is InChI=1S/C14H19BrF3NO2/c1-13(2,3)21-8-10(20)7-19-12-5-4-9(15)6-11(12)14(16,17)18/h4-6,10,19-20H,7-8H2,1-3H3. The van der Waals surface area contributed by atoms with Crippen LogP contribution >= 0.6 is 15.9 Å². The van der Waals surface area contributed by atoms with E-state index in [1.807, 2.05) is 20.8 Å². The van der Waals surface area contributed by atoms with E-state index in [0.717, 1.165) is 6.07 Å². The Balaban J connectivity index is 2.67. The second-order valence-corrected chi connectivity index (χ2v) is 6.56. The van der Waals surface area contributed by atoms with E-state index in [4.69, 9.17) is 4.74 Å². The minimum atomic E-state index is -4.46. The quantitative estimate of drug-likeness (QED) is 0.822. The van der Waals surface area contributed by atoms with E-state index in [2.05, 4.69) is 21.2 Å². The molecule has 0 heterocycles. The van der Waals surface area contributed by atoms with Gasteiger partial charge in [0.1, 0.15) is 0 Å². The summed E-state index contributed by atoms with van der Waals surface area (Å²) in [4.78, 5) is 0. The SMILES string of the molecule is CC(C)(C)OCC(O)CNc1ccc(Br)cc1C(F)(F)F. The smallest absolute Gasteiger partial charge is 0.389 e. The third-order valence-electron chi connectivity index (χ3n) is 2.52. The van der Waals surface area contributed by atoms with Crippen LogP contribution in [0.5, 0.6) is 0 Å². The maximum Gasteiger partial charge on any atom is 0.418 e. The summed E-state index contributed by atoms with van der Waals surface area (Å²) >= 11 is 3.02. The van der Waals surface area contributed by atoms with Gasteiger partial charge in [-0.15, -0.1) is 0 Å². The second-order valence-electron chi connectivity index (χ2n) is 5.65. The van der Waals surface area contributed by atoms with Gasteiger partial charge in [0, 0.05) is 16.7 Å². The Kier molecular flexibility index (Phi) is 6.07. The number of anilines is 1. The minimum Gasteiger partial charge on any atom is -0.389 e. The molecule has 0 fully saturated rings. The van der Waals surface area contributed by atoms with Crippen LogP contribution in [-0.2, 0) is 10.9 Å². The van der Waals surface area contributed by atoms with Crippen molar-refractivity contribution in [1.29, 1.82) is 0 Å². The van der Waals surface area contributed by atoms with Crippen molar-refractivity contribution in [1.82, 2.24) is 0 Å². The van der Waals surface area contributed by atoms with Crippen molar-refractivity contribution < 1.29 is 23.0 Å². The molecule has 21 heavy (non-hydrogen) atoms. The van der Waals surface area contributed by atoms with Crippen LogP contribution in [-0.4, -0.2) is 30.0 Å². The topological polar surface area (TPSA) is 41.5 Å². The van der Waals surface area contributed by atoms with Gasteiger partial charge >= 0.3 is 6.18 Å². The predicted molar refractivity (Wildman–Crippen MR) is 79.3 cm³/mol. The molecule has 1 unspecified atom stereocenters. The molecule has 0 bridgehead atoms. The van der Waals surface area contributed by atoms with Gasteiger partial charge in [0.25, 0.3) is 0 Å². The van der Waals surface area contributed by atoms with Crippen LogP contribution in [0.3, 0.4) is 0 Å². The van der Waals surface area contributed by atoms with Gasteiger partial charge in [-0.25, -0.2) is 0 Å². The van der Waals surface area contributed by atoms with Gasteiger partial charge in [-0.2, -0.15) is 13.2 Å². The minimum absolute atomic E-state index is 0.0270. The number of hydrogen-bond acceptors (Lipinski definition) is 3. The van der Waals surface area contributed by atoms with E-state index in [1.165, 1.54) is 12.1 Å². The number of ether oxygens (including phenoxy) is 1. The molecule has 0 radical (unpaired) electrons. The summed E-state index contributed by atoms with van der Waals surface area (Å²) in [5.41, 5.74) is -1.25. The molecule has 1 rings (SSSR count). The maximum absolute atomic E-state index is 12.9. The van der Waals surface area contributed by atoms with Crippen LogP contribution in [0.1, 0.15) is 26.3 Å². The summed E-state index contributed by atoms with van der Waals surface area (Å²) in [6.07, 6.45) is -5.35. The maximum atomic E-state index is 12.9. The summed E-state index contributed by atoms with van der Waals surface area (Å²) in [6, 6.07) is 3.83. The summed E-state index contributed by atoms with van der Waals surface area (Å²) in [7, 11) is 0. The number of aliphatic hydroxyl groups is 1. The van der Waals surface area contributed by atoms with Gasteiger partial charge < -0.3 is 15.2 Å². The number of rotatable bonds is 5. The van der Waals surface area contributed by atoms with E-state index in [-0.39, 0.29) is 18.8 Å². The molecule has 120 valence electrons. The molecule has 1 aromatic carbocycles. The molecule has 0 saturated carbocycles. The van der Waals surface area contributed by atoms with Crippen molar-refractivity contribution in [3.05, 3.63) is 28.2 Å². The Morgan fingerprint density at radius 1 is 1.29 bits per heavy atom. The predicted octanol–water partition coefficient (Wildman–Crippen LogP) is 4.06.